The van der Waals surface area contributed by atoms with E-state index >= 15 is 0 Å². The van der Waals surface area contributed by atoms with Gasteiger partial charge in [-0.1, -0.05) is 57.3 Å². The van der Waals surface area contributed by atoms with Crippen LogP contribution in [0.1, 0.15) is 89.9 Å². The molecule has 4 aliphatic rings. The Bertz CT molecular complexity index is 4480. The van der Waals surface area contributed by atoms with Gasteiger partial charge in [0.1, 0.15) is 23.1 Å². The zero-order valence-electron chi connectivity index (χ0n) is 57.3. The Morgan fingerprint density at radius 1 is 0.408 bits per heavy atom. The highest BCUT2D eigenvalue weighted by molar-refractivity contribution is 9.10. The van der Waals surface area contributed by atoms with Gasteiger partial charge in [0, 0.05) is 207 Å². The van der Waals surface area contributed by atoms with Gasteiger partial charge in [0.15, 0.2) is 0 Å². The molecule has 13 nitrogen and oxygen atoms in total. The molecule has 0 saturated heterocycles. The minimum Gasteiger partial charge on any atom is -0.343 e. The van der Waals surface area contributed by atoms with Crippen molar-refractivity contribution in [1.82, 2.24) is 62.8 Å². The highest BCUT2D eigenvalue weighted by atomic mass is 79.9. The Labute approximate surface area is 591 Å². The van der Waals surface area contributed by atoms with Gasteiger partial charge in [-0.05, 0) is 204 Å². The van der Waals surface area contributed by atoms with Gasteiger partial charge in [-0.25, -0.2) is 18.2 Å². The molecule has 0 N–H and O–H groups in total. The highest BCUT2D eigenvalue weighted by Gasteiger charge is 2.30. The number of nitrogens with zero attached hydrogens (tertiary/aromatic N) is 13. The van der Waals surface area contributed by atoms with Crippen LogP contribution < -0.4 is 0 Å². The summed E-state index contributed by atoms with van der Waals surface area (Å²) in [6.45, 7) is 18.9. The molecule has 16 rings (SSSR count). The molecule has 0 saturated carbocycles. The van der Waals surface area contributed by atoms with Crippen LogP contribution in [0.15, 0.2) is 133 Å². The first-order valence-corrected chi connectivity index (χ1v) is 35.7. The lowest BCUT2D eigenvalue weighted by Gasteiger charge is -2.24. The molecule has 0 unspecified atom stereocenters. The summed E-state index contributed by atoms with van der Waals surface area (Å²) in [5.41, 5.74) is 22.7. The Hall–Kier alpha value is -7.74. The van der Waals surface area contributed by atoms with E-state index in [0.29, 0.717) is 34.5 Å². The SMILES string of the molecule is Cc1ccc(CCn2c3c(c4c(Br)ccc(Cl)c42)CN(C)CC3)cn1.Cc1ccc(CCn2c3c(c4c(Cl)ccc(F)c42)CN(C)CC3)cn1.Cc1ccc(CCn2c3c(c4c(F)ccc(F)c42)CN(C)CC3)cn1.Cc1cnc2c(c1)c1c(n2CCc2ccncc2)CCN(C)C1. The molecule has 0 amide bonds. The number of pyridine rings is 5. The van der Waals surface area contributed by atoms with Crippen molar-refractivity contribution in [3.63, 3.8) is 0 Å². The van der Waals surface area contributed by atoms with Crippen LogP contribution in [0.4, 0.5) is 13.2 Å². The minimum absolute atomic E-state index is 0.196. The summed E-state index contributed by atoms with van der Waals surface area (Å²) in [6, 6.07) is 28.6. The van der Waals surface area contributed by atoms with Crippen LogP contribution in [0.25, 0.3) is 43.7 Å². The third-order valence-electron chi connectivity index (χ3n) is 20.0. The third-order valence-corrected chi connectivity index (χ3v) is 21.3. The van der Waals surface area contributed by atoms with Gasteiger partial charge < -0.3 is 37.9 Å². The normalized spacial score (nSPS) is 14.9. The van der Waals surface area contributed by atoms with E-state index in [1.54, 1.807) is 6.07 Å². The standard InChI is InChI=1S/C20H21BrClN3.C20H21ClFN3.C20H21F2N3.C19H22N4/c3*1-13-3-4-14(11-23-13)7-10-25-18-8-9-24(2)12-15(18)19-16(21)5-6-17(22)20(19)25;1-14-11-16-17-13-22(2)9-6-18(17)23(19(16)21-12-14)10-5-15-3-7-20-8-4-15/h3*3-6,11H,7-10,12H2,1-2H3;3-4,7-8,11-12H,5-6,9-10,13H2,1-2H3. The van der Waals surface area contributed by atoms with Crippen molar-refractivity contribution in [3.8, 4) is 0 Å². The molecule has 0 radical (unpaired) electrons. The highest BCUT2D eigenvalue weighted by Crippen LogP contribution is 2.41. The number of hydrogen-bond acceptors (Lipinski definition) is 9. The van der Waals surface area contributed by atoms with Crippen molar-refractivity contribution in [2.75, 3.05) is 54.4 Å². The van der Waals surface area contributed by atoms with E-state index in [9.17, 15) is 13.2 Å². The van der Waals surface area contributed by atoms with E-state index in [0.717, 1.165) is 182 Å². The van der Waals surface area contributed by atoms with Crippen LogP contribution in [0.5, 0.6) is 0 Å². The predicted molar refractivity (Wildman–Crippen MR) is 394 cm³/mol. The van der Waals surface area contributed by atoms with Gasteiger partial charge in [0.2, 0.25) is 0 Å². The van der Waals surface area contributed by atoms with Gasteiger partial charge >= 0.3 is 0 Å². The van der Waals surface area contributed by atoms with Gasteiger partial charge in [-0.2, -0.15) is 0 Å². The molecule has 3 aromatic carbocycles. The lowest BCUT2D eigenvalue weighted by molar-refractivity contribution is 0.309. The number of aromatic nitrogens is 9. The van der Waals surface area contributed by atoms with E-state index in [1.165, 1.54) is 79.4 Å². The second kappa shape index (κ2) is 30.0. The number of benzene rings is 3. The van der Waals surface area contributed by atoms with Gasteiger partial charge in [-0.3, -0.25) is 19.9 Å². The maximum absolute atomic E-state index is 14.7. The largest absolute Gasteiger partial charge is 0.343 e. The minimum atomic E-state index is -0.351. The molecule has 508 valence electrons. The summed E-state index contributed by atoms with van der Waals surface area (Å²) in [5.74, 6) is -0.882. The van der Waals surface area contributed by atoms with Gasteiger partial charge in [0.25, 0.3) is 0 Å². The van der Waals surface area contributed by atoms with Crippen molar-refractivity contribution in [2.45, 2.75) is 131 Å². The number of likely N-dealkylation sites (N-methyl/N-ethyl adjacent to an activating group) is 4. The summed E-state index contributed by atoms with van der Waals surface area (Å²) in [4.78, 5) is 31.2. The molecule has 0 fully saturated rings. The zero-order chi connectivity index (χ0) is 68.5. The summed E-state index contributed by atoms with van der Waals surface area (Å²) >= 11 is 16.8. The Morgan fingerprint density at radius 3 is 1.32 bits per heavy atom. The maximum atomic E-state index is 14.7. The maximum Gasteiger partial charge on any atom is 0.147 e. The topological polar surface area (TPSA) is 97.1 Å². The Morgan fingerprint density at radius 2 is 0.816 bits per heavy atom. The molecule has 0 atom stereocenters. The van der Waals surface area contributed by atoms with Gasteiger partial charge in [0.05, 0.1) is 26.6 Å². The van der Waals surface area contributed by atoms with E-state index < -0.39 is 0 Å². The van der Waals surface area contributed by atoms with E-state index in [1.807, 2.05) is 93.8 Å². The average Bonchev–Trinajstić information content (AvgIpc) is 1.62. The third kappa shape index (κ3) is 14.6. The fourth-order valence-corrected chi connectivity index (χ4v) is 16.0. The fraction of sp³-hybridized carbons (Fsp3) is 0.354. The lowest BCUT2D eigenvalue weighted by atomic mass is 10.0. The van der Waals surface area contributed by atoms with Crippen molar-refractivity contribution >= 4 is 82.9 Å². The molecular weight excluding hydrogens is 1340 g/mol. The summed E-state index contributed by atoms with van der Waals surface area (Å²) in [7, 11) is 8.49. The monoisotopic (exact) mass is 1420 g/mol. The first kappa shape index (κ1) is 68.8. The predicted octanol–water partition coefficient (Wildman–Crippen LogP) is 16.2. The first-order valence-electron chi connectivity index (χ1n) is 34.1. The van der Waals surface area contributed by atoms with Crippen LogP contribution in [-0.2, 0) is 104 Å². The average molecular weight is 1420 g/mol. The van der Waals surface area contributed by atoms with Crippen molar-refractivity contribution < 1.29 is 13.2 Å². The molecule has 19 heteroatoms. The zero-order valence-corrected chi connectivity index (χ0v) is 60.4. The number of rotatable bonds is 12. The Kier molecular flexibility index (Phi) is 21.0. The first-order chi connectivity index (χ1) is 47.3. The number of halogens is 6. The molecule has 0 bridgehead atoms. The van der Waals surface area contributed by atoms with Crippen molar-refractivity contribution in [2.24, 2.45) is 0 Å². The second-order valence-corrected chi connectivity index (χ2v) is 28.8. The molecule has 0 spiro atoms. The van der Waals surface area contributed by atoms with E-state index in [-0.39, 0.29) is 17.5 Å². The van der Waals surface area contributed by atoms with Crippen LogP contribution in [-0.4, -0.2) is 117 Å². The van der Waals surface area contributed by atoms with Crippen LogP contribution in [0.2, 0.25) is 10.0 Å². The molecule has 98 heavy (non-hydrogen) atoms. The van der Waals surface area contributed by atoms with E-state index in [4.69, 9.17) is 28.2 Å². The van der Waals surface area contributed by atoms with Crippen LogP contribution in [0, 0.1) is 45.1 Å². The van der Waals surface area contributed by atoms with E-state index in [2.05, 4.69) is 140 Å². The van der Waals surface area contributed by atoms with Crippen LogP contribution in [0.3, 0.4) is 0 Å². The van der Waals surface area contributed by atoms with Crippen molar-refractivity contribution in [1.29, 1.82) is 0 Å². The fourth-order valence-electron chi connectivity index (χ4n) is 14.9. The molecule has 9 aromatic heterocycles. The second-order valence-electron chi connectivity index (χ2n) is 27.2. The molecule has 12 aromatic rings. The Balaban J connectivity index is 0.000000118. The smallest absolute Gasteiger partial charge is 0.147 e. The molecular formula is C79H85BrCl2F3N13. The summed E-state index contributed by atoms with van der Waals surface area (Å²) in [6.07, 6.45) is 18.9. The lowest BCUT2D eigenvalue weighted by Crippen LogP contribution is -2.27. The molecule has 0 aliphatic carbocycles. The number of aryl methyl sites for hydroxylation is 12. The summed E-state index contributed by atoms with van der Waals surface area (Å²) in [5, 5.41) is 5.40. The van der Waals surface area contributed by atoms with Gasteiger partial charge in [-0.15, -0.1) is 0 Å². The molecule has 4 aliphatic heterocycles. The summed E-state index contributed by atoms with van der Waals surface area (Å²) < 4.78 is 53.9. The van der Waals surface area contributed by atoms with Crippen LogP contribution >= 0.6 is 39.1 Å². The number of hydrogen-bond donors (Lipinski definition) is 0. The quantitative estimate of drug-likeness (QED) is 0.118. The van der Waals surface area contributed by atoms with Crippen molar-refractivity contribution in [3.05, 3.63) is 250 Å². The number of fused-ring (bicyclic) bond motifs is 12. The molecule has 13 heterocycles.